The summed E-state index contributed by atoms with van der Waals surface area (Å²) in [6, 6.07) is 9.82. The first-order valence-corrected chi connectivity index (χ1v) is 10.6. The van der Waals surface area contributed by atoms with Crippen LogP contribution in [0.25, 0.3) is 0 Å². The zero-order chi connectivity index (χ0) is 22.1. The monoisotopic (exact) mass is 486 g/mol. The van der Waals surface area contributed by atoms with Crippen LogP contribution in [0, 0.1) is 5.82 Å². The highest BCUT2D eigenvalue weighted by Crippen LogP contribution is 2.42. The van der Waals surface area contributed by atoms with Crippen LogP contribution in [-0.4, -0.2) is 42.8 Å². The smallest absolute Gasteiger partial charge is 0.306 e. The zero-order valence-electron chi connectivity index (χ0n) is 15.8. The van der Waals surface area contributed by atoms with Gasteiger partial charge in [0, 0.05) is 11.3 Å². The van der Waals surface area contributed by atoms with Gasteiger partial charge in [0.05, 0.1) is 21.0 Å². The Morgan fingerprint density at radius 3 is 2.70 bits per heavy atom. The highest BCUT2D eigenvalue weighted by atomic mass is 35.5. The maximum atomic E-state index is 13.9. The van der Waals surface area contributed by atoms with Crippen molar-refractivity contribution in [3.63, 3.8) is 0 Å². The minimum absolute atomic E-state index is 0.249. The topological polar surface area (TPSA) is 68.2 Å². The molecule has 1 unspecified atom stereocenters. The van der Waals surface area contributed by atoms with Gasteiger partial charge in [-0.2, -0.15) is 10.2 Å². The summed E-state index contributed by atoms with van der Waals surface area (Å²) in [6.07, 6.45) is 0.349. The number of hydrazone groups is 1. The van der Waals surface area contributed by atoms with E-state index in [4.69, 9.17) is 35.4 Å². The first kappa shape index (κ1) is 22.8. The van der Waals surface area contributed by atoms with Gasteiger partial charge in [0.1, 0.15) is 5.82 Å². The quantitative estimate of drug-likeness (QED) is 0.246. The molecular weight excluding hydrogens is 470 g/mol. The number of urea groups is 1. The summed E-state index contributed by atoms with van der Waals surface area (Å²) in [5.41, 5.74) is 0.597. The third-order valence-electron chi connectivity index (χ3n) is 4.23. The molecule has 30 heavy (non-hydrogen) atoms. The number of thioether (sulfide) groups is 1. The highest BCUT2D eigenvalue weighted by Gasteiger charge is 2.50. The lowest BCUT2D eigenvalue weighted by Gasteiger charge is -2.34. The number of carbonyl (C=O) groups excluding carboxylic acids is 1. The van der Waals surface area contributed by atoms with Crippen molar-refractivity contribution in [1.29, 1.82) is 0 Å². The van der Waals surface area contributed by atoms with Gasteiger partial charge in [-0.3, -0.25) is 5.21 Å². The first-order valence-electron chi connectivity index (χ1n) is 8.65. The van der Waals surface area contributed by atoms with Crippen LogP contribution in [0.4, 0.5) is 14.9 Å². The van der Waals surface area contributed by atoms with E-state index in [1.54, 1.807) is 24.3 Å². The number of amides is 2. The molecule has 1 heterocycles. The van der Waals surface area contributed by atoms with Crippen LogP contribution >= 0.6 is 47.2 Å². The van der Waals surface area contributed by atoms with E-state index in [9.17, 15) is 14.4 Å². The SMILES string of the molecule is CC1(C)SC(=S)N(/N=C/c2ccccc2F)C1N(O)C(=O)Nc1ccc(Cl)c(Cl)c1. The van der Waals surface area contributed by atoms with E-state index < -0.39 is 22.8 Å². The molecule has 1 fully saturated rings. The Hall–Kier alpha value is -1.91. The molecule has 2 N–H and O–H groups in total. The standard InChI is InChI=1S/C19H17Cl2FN4O2S2/c1-19(2)16(26(28)17(27)24-12-7-8-13(20)14(21)9-12)25(18(29)30-19)23-10-11-5-3-4-6-15(11)22/h3-10,16,28H,1-2H3,(H,24,27)/b23-10+. The lowest BCUT2D eigenvalue weighted by molar-refractivity contribution is -0.114. The van der Waals surface area contributed by atoms with Crippen LogP contribution in [0.15, 0.2) is 47.6 Å². The summed E-state index contributed by atoms with van der Waals surface area (Å²) >= 11 is 18.5. The van der Waals surface area contributed by atoms with Crippen LogP contribution in [-0.2, 0) is 0 Å². The van der Waals surface area contributed by atoms with Gasteiger partial charge in [0.2, 0.25) is 0 Å². The van der Waals surface area contributed by atoms with Gasteiger partial charge in [-0.1, -0.05) is 65.4 Å². The number of hydroxylamine groups is 2. The summed E-state index contributed by atoms with van der Waals surface area (Å²) in [6.45, 7) is 3.62. The van der Waals surface area contributed by atoms with Crippen LogP contribution in [0.5, 0.6) is 0 Å². The number of thiocarbonyl (C=S) groups is 1. The maximum absolute atomic E-state index is 13.9. The molecule has 158 valence electrons. The summed E-state index contributed by atoms with van der Waals surface area (Å²) in [4.78, 5) is 12.7. The van der Waals surface area contributed by atoms with Crippen LogP contribution < -0.4 is 5.32 Å². The predicted octanol–water partition coefficient (Wildman–Crippen LogP) is 5.83. The number of hydrogen-bond donors (Lipinski definition) is 2. The molecule has 6 nitrogen and oxygen atoms in total. The fraction of sp³-hybridized carbons (Fsp3) is 0.211. The molecule has 1 saturated heterocycles. The fourth-order valence-electron chi connectivity index (χ4n) is 2.80. The van der Waals surface area contributed by atoms with E-state index >= 15 is 0 Å². The second-order valence-corrected chi connectivity index (χ2v) is 9.96. The Bertz CT molecular complexity index is 1020. The third kappa shape index (κ3) is 4.87. The average molecular weight is 487 g/mol. The van der Waals surface area contributed by atoms with E-state index in [-0.39, 0.29) is 10.6 Å². The van der Waals surface area contributed by atoms with Crippen molar-refractivity contribution in [3.05, 3.63) is 63.9 Å². The number of hydrogen-bond acceptors (Lipinski definition) is 5. The molecule has 0 radical (unpaired) electrons. The first-order chi connectivity index (χ1) is 14.1. The molecule has 0 spiro atoms. The number of halogens is 3. The van der Waals surface area contributed by atoms with Gasteiger partial charge >= 0.3 is 6.03 Å². The Morgan fingerprint density at radius 1 is 1.33 bits per heavy atom. The van der Waals surface area contributed by atoms with Crippen molar-refractivity contribution in [2.75, 3.05) is 5.32 Å². The van der Waals surface area contributed by atoms with Crippen molar-refractivity contribution in [2.24, 2.45) is 5.10 Å². The molecule has 3 rings (SSSR count). The average Bonchev–Trinajstić information content (AvgIpc) is 2.91. The van der Waals surface area contributed by atoms with Gasteiger partial charge in [-0.15, -0.1) is 0 Å². The highest BCUT2D eigenvalue weighted by molar-refractivity contribution is 8.24. The Balaban J connectivity index is 1.83. The second-order valence-electron chi connectivity index (χ2n) is 6.86. The van der Waals surface area contributed by atoms with Crippen molar-refractivity contribution >= 4 is 69.4 Å². The van der Waals surface area contributed by atoms with Crippen LogP contribution in [0.3, 0.4) is 0 Å². The normalized spacial score (nSPS) is 18.1. The van der Waals surface area contributed by atoms with Gasteiger partial charge in [-0.25, -0.2) is 14.2 Å². The molecule has 0 aliphatic carbocycles. The number of benzene rings is 2. The number of nitrogens with zero attached hydrogens (tertiary/aromatic N) is 3. The molecular formula is C19H17Cl2FN4O2S2. The Kier molecular flexibility index (Phi) is 6.88. The van der Waals surface area contributed by atoms with Gasteiger partial charge in [0.15, 0.2) is 10.5 Å². The third-order valence-corrected chi connectivity index (χ3v) is 6.50. The summed E-state index contributed by atoms with van der Waals surface area (Å²) in [7, 11) is 0. The van der Waals surface area contributed by atoms with Crippen LogP contribution in [0.1, 0.15) is 19.4 Å². The number of rotatable bonds is 4. The minimum Gasteiger partial charge on any atom is -0.306 e. The van der Waals surface area contributed by atoms with Gasteiger partial charge in [0.25, 0.3) is 0 Å². The van der Waals surface area contributed by atoms with Gasteiger partial charge < -0.3 is 5.32 Å². The fourth-order valence-corrected chi connectivity index (χ4v) is 4.88. The molecule has 0 saturated carbocycles. The molecule has 1 aliphatic heterocycles. The minimum atomic E-state index is -0.944. The maximum Gasteiger partial charge on any atom is 0.347 e. The lowest BCUT2D eigenvalue weighted by Crippen LogP contribution is -2.54. The second kappa shape index (κ2) is 9.07. The molecule has 0 aromatic heterocycles. The summed E-state index contributed by atoms with van der Waals surface area (Å²) < 4.78 is 13.5. The van der Waals surface area contributed by atoms with Crippen LogP contribution in [0.2, 0.25) is 10.0 Å². The number of carbonyl (C=O) groups is 1. The van der Waals surface area contributed by atoms with E-state index in [1.165, 1.54) is 41.2 Å². The molecule has 1 atom stereocenters. The summed E-state index contributed by atoms with van der Waals surface area (Å²) in [5.74, 6) is -0.451. The van der Waals surface area contributed by atoms with Crippen molar-refractivity contribution < 1.29 is 14.4 Å². The predicted molar refractivity (Wildman–Crippen MR) is 123 cm³/mol. The number of anilines is 1. The molecule has 0 bridgehead atoms. The van der Waals surface area contributed by atoms with Crippen molar-refractivity contribution in [1.82, 2.24) is 10.1 Å². The molecule has 1 aliphatic rings. The molecule has 2 aromatic rings. The molecule has 2 aromatic carbocycles. The van der Waals surface area contributed by atoms with E-state index in [0.29, 0.717) is 20.1 Å². The lowest BCUT2D eigenvalue weighted by atomic mass is 10.1. The molecule has 2 amide bonds. The molecule has 11 heteroatoms. The van der Waals surface area contributed by atoms with Gasteiger partial charge in [-0.05, 0) is 38.1 Å². The van der Waals surface area contributed by atoms with E-state index in [0.717, 1.165) is 0 Å². The largest absolute Gasteiger partial charge is 0.347 e. The zero-order valence-corrected chi connectivity index (χ0v) is 19.0. The Labute approximate surface area is 192 Å². The van der Waals surface area contributed by atoms with E-state index in [1.807, 2.05) is 13.8 Å². The van der Waals surface area contributed by atoms with E-state index in [2.05, 4.69) is 10.4 Å². The summed E-state index contributed by atoms with van der Waals surface area (Å²) in [5, 5.41) is 19.9. The number of nitrogens with one attached hydrogen (secondary N) is 1. The van der Waals surface area contributed by atoms with Crippen molar-refractivity contribution in [2.45, 2.75) is 24.8 Å². The Morgan fingerprint density at radius 2 is 2.03 bits per heavy atom. The van der Waals surface area contributed by atoms with Crippen molar-refractivity contribution in [3.8, 4) is 0 Å².